The molecule has 36 heavy (non-hydrogen) atoms. The molecule has 9 atom stereocenters. The van der Waals surface area contributed by atoms with Crippen molar-refractivity contribution < 1.29 is 24.2 Å². The van der Waals surface area contributed by atoms with Crippen molar-refractivity contribution in [2.75, 3.05) is 0 Å². The molecule has 5 rings (SSSR count). The number of carboxylic acid groups (broad SMARTS) is 1. The van der Waals surface area contributed by atoms with Gasteiger partial charge in [0.25, 0.3) is 0 Å². The van der Waals surface area contributed by atoms with Crippen LogP contribution in [0.1, 0.15) is 95.3 Å². The van der Waals surface area contributed by atoms with Gasteiger partial charge in [0.2, 0.25) is 0 Å². The number of carboxylic acids is 1. The van der Waals surface area contributed by atoms with E-state index in [1.807, 2.05) is 30.3 Å². The lowest BCUT2D eigenvalue weighted by Gasteiger charge is -2.62. The van der Waals surface area contributed by atoms with Crippen molar-refractivity contribution in [3.05, 3.63) is 35.9 Å². The Bertz CT molecular complexity index is 1000. The van der Waals surface area contributed by atoms with Crippen LogP contribution in [0, 0.1) is 46.3 Å². The van der Waals surface area contributed by atoms with Crippen LogP contribution in [0.15, 0.2) is 30.3 Å². The summed E-state index contributed by atoms with van der Waals surface area (Å²) in [6.45, 7) is 6.97. The summed E-state index contributed by atoms with van der Waals surface area (Å²) < 4.78 is 6.47. The first-order valence-corrected chi connectivity index (χ1v) is 14.1. The zero-order chi connectivity index (χ0) is 25.7. The molecule has 4 fully saturated rings. The third-order valence-electron chi connectivity index (χ3n) is 11.4. The quantitative estimate of drug-likeness (QED) is 0.454. The molecule has 4 aliphatic rings. The van der Waals surface area contributed by atoms with Crippen LogP contribution in [0.3, 0.4) is 0 Å². The predicted octanol–water partition coefficient (Wildman–Crippen LogP) is 6.55. The first-order chi connectivity index (χ1) is 17.1. The molecule has 0 bridgehead atoms. The van der Waals surface area contributed by atoms with E-state index in [2.05, 4.69) is 20.8 Å². The van der Waals surface area contributed by atoms with E-state index in [-0.39, 0.29) is 35.2 Å². The molecule has 0 spiro atoms. The number of fused-ring (bicyclic) bond motifs is 5. The number of benzene rings is 1. The van der Waals surface area contributed by atoms with Crippen molar-refractivity contribution in [3.63, 3.8) is 0 Å². The van der Waals surface area contributed by atoms with Gasteiger partial charge in [0.1, 0.15) is 11.9 Å². The fourth-order valence-electron chi connectivity index (χ4n) is 9.44. The molecular weight excluding hydrogens is 452 g/mol. The summed E-state index contributed by atoms with van der Waals surface area (Å²) in [5, 5.41) is 9.32. The van der Waals surface area contributed by atoms with E-state index in [0.717, 1.165) is 38.5 Å². The molecule has 0 heterocycles. The maximum Gasteiger partial charge on any atom is 0.338 e. The molecule has 0 radical (unpaired) electrons. The van der Waals surface area contributed by atoms with Gasteiger partial charge in [-0.1, -0.05) is 39.0 Å². The highest BCUT2D eigenvalue weighted by Gasteiger charge is 2.65. The first-order valence-electron chi connectivity index (χ1n) is 14.1. The molecule has 0 aliphatic heterocycles. The van der Waals surface area contributed by atoms with Gasteiger partial charge in [0.05, 0.1) is 5.56 Å². The Morgan fingerprint density at radius 1 is 1.08 bits per heavy atom. The van der Waals surface area contributed by atoms with Crippen LogP contribution in [0.5, 0.6) is 0 Å². The number of Topliss-reactive ketones (excluding diaryl/α,β-unsaturated/α-hetero) is 1. The average molecular weight is 495 g/mol. The van der Waals surface area contributed by atoms with Crippen LogP contribution in [-0.4, -0.2) is 28.9 Å². The highest BCUT2D eigenvalue weighted by Crippen LogP contribution is 2.68. The SMILES string of the molecule is C[C@H](CCC(=O)O)[C@H]1CC[C@H]2[C@@H]3CC[C@@H]4CC(=O)CC[C@]4(C)[C@H]3C[C@H](OC(=O)c3ccccc3)[C@]12C. The molecule has 0 unspecified atom stereocenters. The molecule has 0 saturated heterocycles. The van der Waals surface area contributed by atoms with Crippen LogP contribution in [0.25, 0.3) is 0 Å². The van der Waals surface area contributed by atoms with E-state index in [1.54, 1.807) is 0 Å². The Hall–Kier alpha value is -2.17. The minimum atomic E-state index is -0.740. The third kappa shape index (κ3) is 4.20. The van der Waals surface area contributed by atoms with Gasteiger partial charge in [0.15, 0.2) is 0 Å². The lowest BCUT2D eigenvalue weighted by atomic mass is 9.43. The van der Waals surface area contributed by atoms with Gasteiger partial charge in [0, 0.05) is 24.7 Å². The highest BCUT2D eigenvalue weighted by molar-refractivity contribution is 5.89. The van der Waals surface area contributed by atoms with Gasteiger partial charge in [-0.3, -0.25) is 9.59 Å². The average Bonchev–Trinajstić information content (AvgIpc) is 3.22. The largest absolute Gasteiger partial charge is 0.481 e. The van der Waals surface area contributed by atoms with Gasteiger partial charge in [-0.05, 0) is 98.0 Å². The molecule has 1 aromatic rings. The predicted molar refractivity (Wildman–Crippen MR) is 137 cm³/mol. The second-order valence-corrected chi connectivity index (χ2v) is 12.9. The number of rotatable bonds is 6. The normalized spacial score (nSPS) is 40.5. The van der Waals surface area contributed by atoms with Crippen molar-refractivity contribution in [1.29, 1.82) is 0 Å². The summed E-state index contributed by atoms with van der Waals surface area (Å²) in [7, 11) is 0. The number of ketones is 1. The maximum atomic E-state index is 13.4. The lowest BCUT2D eigenvalue weighted by molar-refractivity contribution is -0.172. The van der Waals surface area contributed by atoms with Crippen molar-refractivity contribution in [2.24, 2.45) is 46.3 Å². The topological polar surface area (TPSA) is 80.7 Å². The third-order valence-corrected chi connectivity index (χ3v) is 11.4. The number of aliphatic carboxylic acids is 1. The van der Waals surface area contributed by atoms with E-state index in [0.29, 0.717) is 60.2 Å². The smallest absolute Gasteiger partial charge is 0.338 e. The summed E-state index contributed by atoms with van der Waals surface area (Å²) in [5.74, 6) is 2.00. The molecule has 4 aliphatic carbocycles. The summed E-state index contributed by atoms with van der Waals surface area (Å²) >= 11 is 0. The van der Waals surface area contributed by atoms with Gasteiger partial charge in [-0.25, -0.2) is 4.79 Å². The molecular formula is C31H42O5. The standard InChI is InChI=1S/C31H42O5/c1-19(9-14-28(33)34)24-12-13-25-23-11-10-21-17-22(32)15-16-30(21,2)26(23)18-27(31(24,25)3)36-29(35)20-7-5-4-6-8-20/h4-8,19,21,23-27H,9-18H2,1-3H3,(H,33,34)/t19-,21-,23+,24-,25+,26+,27+,30+,31-/m1/s1. The number of hydrogen-bond acceptors (Lipinski definition) is 4. The van der Waals surface area contributed by atoms with Gasteiger partial charge in [-0.2, -0.15) is 0 Å². The van der Waals surface area contributed by atoms with Gasteiger partial charge >= 0.3 is 11.9 Å². The van der Waals surface area contributed by atoms with Crippen molar-refractivity contribution >= 4 is 17.7 Å². The van der Waals surface area contributed by atoms with E-state index in [1.165, 1.54) is 0 Å². The van der Waals surface area contributed by atoms with Crippen molar-refractivity contribution in [1.82, 2.24) is 0 Å². The number of ether oxygens (including phenoxy) is 1. The molecule has 0 aromatic heterocycles. The van der Waals surface area contributed by atoms with E-state index < -0.39 is 5.97 Å². The Morgan fingerprint density at radius 3 is 2.56 bits per heavy atom. The monoisotopic (exact) mass is 494 g/mol. The zero-order valence-electron chi connectivity index (χ0n) is 22.1. The van der Waals surface area contributed by atoms with Crippen LogP contribution in [0.2, 0.25) is 0 Å². The first kappa shape index (κ1) is 25.5. The molecule has 1 aromatic carbocycles. The number of carbonyl (C=O) groups excluding carboxylic acids is 2. The Balaban J connectivity index is 1.48. The Morgan fingerprint density at radius 2 is 1.83 bits per heavy atom. The lowest BCUT2D eigenvalue weighted by Crippen LogP contribution is -2.59. The highest BCUT2D eigenvalue weighted by atomic mass is 16.5. The number of carbonyl (C=O) groups is 3. The summed E-state index contributed by atoms with van der Waals surface area (Å²) in [6, 6.07) is 9.29. The maximum absolute atomic E-state index is 13.4. The second-order valence-electron chi connectivity index (χ2n) is 12.9. The van der Waals surface area contributed by atoms with E-state index in [9.17, 15) is 19.5 Å². The van der Waals surface area contributed by atoms with Crippen molar-refractivity contribution in [3.8, 4) is 0 Å². The number of hydrogen-bond donors (Lipinski definition) is 1. The van der Waals surface area contributed by atoms with Crippen LogP contribution < -0.4 is 0 Å². The molecule has 4 saturated carbocycles. The minimum Gasteiger partial charge on any atom is -0.481 e. The van der Waals surface area contributed by atoms with E-state index >= 15 is 0 Å². The Labute approximate surface area is 215 Å². The molecule has 5 nitrogen and oxygen atoms in total. The van der Waals surface area contributed by atoms with E-state index in [4.69, 9.17) is 4.74 Å². The number of esters is 1. The summed E-state index contributed by atoms with van der Waals surface area (Å²) in [5.41, 5.74) is 0.559. The zero-order valence-corrected chi connectivity index (χ0v) is 22.1. The molecule has 196 valence electrons. The summed E-state index contributed by atoms with van der Waals surface area (Å²) in [4.78, 5) is 37.0. The van der Waals surface area contributed by atoms with Crippen molar-refractivity contribution in [2.45, 2.75) is 91.1 Å². The fourth-order valence-corrected chi connectivity index (χ4v) is 9.44. The molecule has 1 N–H and O–H groups in total. The van der Waals surface area contributed by atoms with Gasteiger partial charge < -0.3 is 9.84 Å². The van der Waals surface area contributed by atoms with Gasteiger partial charge in [-0.15, -0.1) is 0 Å². The molecule has 5 heteroatoms. The molecule has 0 amide bonds. The minimum absolute atomic E-state index is 0.128. The summed E-state index contributed by atoms with van der Waals surface area (Å²) in [6.07, 6.45) is 8.36. The fraction of sp³-hybridized carbons (Fsp3) is 0.710. The van der Waals surface area contributed by atoms with Crippen LogP contribution >= 0.6 is 0 Å². The second kappa shape index (κ2) is 9.61. The Kier molecular flexibility index (Phi) is 6.80. The van der Waals surface area contributed by atoms with Crippen LogP contribution in [-0.2, 0) is 14.3 Å². The van der Waals surface area contributed by atoms with Crippen LogP contribution in [0.4, 0.5) is 0 Å².